The van der Waals surface area contributed by atoms with Crippen molar-refractivity contribution in [2.45, 2.75) is 0 Å². The van der Waals surface area contributed by atoms with E-state index < -0.39 is 80.0 Å². The number of carboxylic acid groups (broad SMARTS) is 6. The Morgan fingerprint density at radius 2 is 0.679 bits per heavy atom. The van der Waals surface area contributed by atoms with Crippen LogP contribution in [0.25, 0.3) is 10.8 Å². The molecule has 0 unspecified atom stereocenters. The number of hydrogen-bond acceptors (Lipinski definition) is 6. The zero-order valence-electron chi connectivity index (χ0n) is 13.3. The summed E-state index contributed by atoms with van der Waals surface area (Å²) in [6.07, 6.45) is 0. The van der Waals surface area contributed by atoms with Gasteiger partial charge in [0.25, 0.3) is 0 Å². The molecule has 0 aliphatic rings. The molecule has 6 N–H and O–H groups in total. The lowest BCUT2D eigenvalue weighted by molar-refractivity contribution is 0.0630. The van der Waals surface area contributed by atoms with Crippen LogP contribution in [0.15, 0.2) is 12.1 Å². The van der Waals surface area contributed by atoms with Crippen LogP contribution in [0, 0.1) is 0 Å². The third-order valence-corrected chi connectivity index (χ3v) is 3.76. The van der Waals surface area contributed by atoms with Gasteiger partial charge in [0.15, 0.2) is 0 Å². The van der Waals surface area contributed by atoms with Crippen molar-refractivity contribution >= 4 is 46.6 Å². The van der Waals surface area contributed by atoms with Crippen molar-refractivity contribution in [2.75, 3.05) is 0 Å². The SMILES string of the molecule is O=C(O)c1cc2c(C(=O)O)c(C(=O)O)c(C(=O)O)cc2c(C(=O)O)c1C(=O)O. The quantitative estimate of drug-likeness (QED) is 0.405. The van der Waals surface area contributed by atoms with E-state index in [1.54, 1.807) is 0 Å². The van der Waals surface area contributed by atoms with E-state index in [1.165, 1.54) is 0 Å². The Kier molecular flexibility index (Phi) is 4.73. The molecule has 0 aliphatic heterocycles. The molecule has 2 aromatic rings. The summed E-state index contributed by atoms with van der Waals surface area (Å²) in [5, 5.41) is 54.2. The lowest BCUT2D eigenvalue weighted by Crippen LogP contribution is -2.19. The highest BCUT2D eigenvalue weighted by atomic mass is 16.4. The van der Waals surface area contributed by atoms with E-state index in [0.29, 0.717) is 12.1 Å². The van der Waals surface area contributed by atoms with Gasteiger partial charge in [-0.1, -0.05) is 0 Å². The molecular weight excluding hydrogens is 384 g/mol. The van der Waals surface area contributed by atoms with Crippen molar-refractivity contribution in [1.29, 1.82) is 0 Å². The molecule has 0 aromatic heterocycles. The Bertz CT molecular complexity index is 1040. The molecule has 2 aromatic carbocycles. The summed E-state index contributed by atoms with van der Waals surface area (Å²) in [6.45, 7) is 0. The number of aromatic carboxylic acids is 6. The number of carboxylic acids is 6. The van der Waals surface area contributed by atoms with E-state index >= 15 is 0 Å². The van der Waals surface area contributed by atoms with Crippen molar-refractivity contribution in [3.63, 3.8) is 0 Å². The average molecular weight is 392 g/mol. The van der Waals surface area contributed by atoms with E-state index in [9.17, 15) is 59.4 Å². The Labute approximate surface area is 152 Å². The summed E-state index contributed by atoms with van der Waals surface area (Å²) in [5.74, 6) is -11.8. The monoisotopic (exact) mass is 392 g/mol. The Morgan fingerprint density at radius 1 is 0.429 bits per heavy atom. The summed E-state index contributed by atoms with van der Waals surface area (Å²) in [4.78, 5) is 69.0. The zero-order chi connectivity index (χ0) is 21.5. The van der Waals surface area contributed by atoms with Crippen LogP contribution >= 0.6 is 0 Å². The molecule has 0 heterocycles. The highest BCUT2D eigenvalue weighted by molar-refractivity contribution is 6.23. The van der Waals surface area contributed by atoms with Crippen LogP contribution in [0.4, 0.5) is 0 Å². The van der Waals surface area contributed by atoms with Gasteiger partial charge in [0, 0.05) is 0 Å². The molecule has 28 heavy (non-hydrogen) atoms. The predicted molar refractivity (Wildman–Crippen MR) is 85.7 cm³/mol. The number of benzene rings is 2. The van der Waals surface area contributed by atoms with Crippen molar-refractivity contribution in [3.8, 4) is 0 Å². The molecule has 0 atom stereocenters. The Balaban J connectivity index is 3.38. The fourth-order valence-corrected chi connectivity index (χ4v) is 2.77. The van der Waals surface area contributed by atoms with Gasteiger partial charge in [-0.05, 0) is 22.9 Å². The molecule has 12 nitrogen and oxygen atoms in total. The molecule has 144 valence electrons. The Morgan fingerprint density at radius 3 is 0.857 bits per heavy atom. The maximum Gasteiger partial charge on any atom is 0.337 e. The van der Waals surface area contributed by atoms with E-state index in [-0.39, 0.29) is 0 Å². The minimum absolute atomic E-state index is 0.481. The molecule has 0 aliphatic carbocycles. The van der Waals surface area contributed by atoms with Crippen molar-refractivity contribution in [3.05, 3.63) is 45.5 Å². The highest BCUT2D eigenvalue weighted by Gasteiger charge is 2.33. The number of fused-ring (bicyclic) bond motifs is 1. The molecule has 0 fully saturated rings. The molecule has 2 rings (SSSR count). The van der Waals surface area contributed by atoms with Crippen LogP contribution in [0.1, 0.15) is 62.1 Å². The van der Waals surface area contributed by atoms with E-state index in [1.807, 2.05) is 0 Å². The first-order valence-corrected chi connectivity index (χ1v) is 6.97. The smallest absolute Gasteiger partial charge is 0.337 e. The van der Waals surface area contributed by atoms with Gasteiger partial charge in [0.2, 0.25) is 0 Å². The van der Waals surface area contributed by atoms with Gasteiger partial charge in [0.1, 0.15) is 0 Å². The van der Waals surface area contributed by atoms with Crippen LogP contribution in [-0.4, -0.2) is 66.5 Å². The minimum Gasteiger partial charge on any atom is -0.478 e. The van der Waals surface area contributed by atoms with Gasteiger partial charge in [-0.3, -0.25) is 0 Å². The third-order valence-electron chi connectivity index (χ3n) is 3.76. The second-order valence-corrected chi connectivity index (χ2v) is 5.27. The maximum absolute atomic E-state index is 11.6. The largest absolute Gasteiger partial charge is 0.478 e. The first-order valence-electron chi connectivity index (χ1n) is 6.97. The van der Waals surface area contributed by atoms with Gasteiger partial charge < -0.3 is 30.6 Å². The normalized spacial score (nSPS) is 10.4. The van der Waals surface area contributed by atoms with Crippen LogP contribution in [0.3, 0.4) is 0 Å². The average Bonchev–Trinajstić information content (AvgIpc) is 2.56. The van der Waals surface area contributed by atoms with Crippen molar-refractivity contribution < 1.29 is 59.4 Å². The predicted octanol–water partition coefficient (Wildman–Crippen LogP) is 1.03. The van der Waals surface area contributed by atoms with Crippen LogP contribution in [0.5, 0.6) is 0 Å². The molecular formula is C16H8O12. The highest BCUT2D eigenvalue weighted by Crippen LogP contribution is 2.33. The zero-order valence-corrected chi connectivity index (χ0v) is 13.3. The third kappa shape index (κ3) is 2.94. The number of hydrogen-bond donors (Lipinski definition) is 6. The van der Waals surface area contributed by atoms with E-state index in [0.717, 1.165) is 0 Å². The number of carbonyl (C=O) groups is 6. The number of rotatable bonds is 6. The van der Waals surface area contributed by atoms with Gasteiger partial charge in [-0.25, -0.2) is 28.8 Å². The Hall–Kier alpha value is -4.48. The van der Waals surface area contributed by atoms with E-state index in [4.69, 9.17) is 0 Å². The topological polar surface area (TPSA) is 224 Å². The second-order valence-electron chi connectivity index (χ2n) is 5.27. The maximum atomic E-state index is 11.6. The van der Waals surface area contributed by atoms with Crippen LogP contribution in [-0.2, 0) is 0 Å². The first kappa shape index (κ1) is 19.8. The lowest BCUT2D eigenvalue weighted by Gasteiger charge is -2.15. The van der Waals surface area contributed by atoms with Crippen LogP contribution in [0.2, 0.25) is 0 Å². The van der Waals surface area contributed by atoms with E-state index in [2.05, 4.69) is 0 Å². The first-order chi connectivity index (χ1) is 12.9. The molecule has 0 saturated heterocycles. The van der Waals surface area contributed by atoms with Crippen LogP contribution < -0.4 is 0 Å². The summed E-state index contributed by atoms with van der Waals surface area (Å²) in [5.41, 5.74) is -7.04. The molecule has 0 spiro atoms. The standard InChI is InChI=1S/C16H8O12/c17-11(18)5-1-3-4(8(14(23)24)9(5)15(25)26)2-6(12(19)20)10(16(27)28)7(3)13(21)22/h1-2H,(H,17,18)(H,19,20)(H,21,22)(H,23,24)(H,25,26)(H,27,28). The minimum atomic E-state index is -1.98. The lowest BCUT2D eigenvalue weighted by atomic mass is 9.87. The molecule has 0 bridgehead atoms. The summed E-state index contributed by atoms with van der Waals surface area (Å²) in [7, 11) is 0. The fraction of sp³-hybridized carbons (Fsp3) is 0. The van der Waals surface area contributed by atoms with Gasteiger partial charge >= 0.3 is 35.8 Å². The van der Waals surface area contributed by atoms with Gasteiger partial charge in [-0.15, -0.1) is 0 Å². The van der Waals surface area contributed by atoms with Crippen molar-refractivity contribution in [2.24, 2.45) is 0 Å². The van der Waals surface area contributed by atoms with Crippen molar-refractivity contribution in [1.82, 2.24) is 0 Å². The molecule has 0 saturated carbocycles. The summed E-state index contributed by atoms with van der Waals surface area (Å²) < 4.78 is 0. The van der Waals surface area contributed by atoms with Gasteiger partial charge in [-0.2, -0.15) is 0 Å². The summed E-state index contributed by atoms with van der Waals surface area (Å²) >= 11 is 0. The molecule has 0 amide bonds. The molecule has 0 radical (unpaired) electrons. The fourth-order valence-electron chi connectivity index (χ4n) is 2.77. The summed E-state index contributed by atoms with van der Waals surface area (Å²) in [6, 6.07) is 0.962. The second kappa shape index (κ2) is 6.68. The van der Waals surface area contributed by atoms with Gasteiger partial charge in [0.05, 0.1) is 33.4 Å². The molecule has 12 heteroatoms.